The van der Waals surface area contributed by atoms with Crippen LogP contribution >= 0.6 is 11.6 Å². The van der Waals surface area contributed by atoms with E-state index in [9.17, 15) is 9.59 Å². The molecule has 0 aliphatic carbocycles. The summed E-state index contributed by atoms with van der Waals surface area (Å²) in [5, 5.41) is 4.45. The number of nitrogens with one attached hydrogen (secondary N) is 1. The molecule has 0 unspecified atom stereocenters. The Kier molecular flexibility index (Phi) is 5.29. The maximum Gasteiger partial charge on any atom is 0.291 e. The van der Waals surface area contributed by atoms with E-state index in [1.807, 2.05) is 24.3 Å². The quantitative estimate of drug-likeness (QED) is 0.297. The van der Waals surface area contributed by atoms with Crippen molar-refractivity contribution < 1.29 is 13.6 Å². The highest BCUT2D eigenvalue weighted by Crippen LogP contribution is 2.28. The molecule has 0 bridgehead atoms. The largest absolute Gasteiger partial charge is 0.456 e. The predicted octanol–water partition coefficient (Wildman–Crippen LogP) is 7.41. The molecule has 1 N–H and O–H groups in total. The van der Waals surface area contributed by atoms with Crippen LogP contribution in [-0.4, -0.2) is 5.91 Å². The van der Waals surface area contributed by atoms with Crippen molar-refractivity contribution in [3.8, 4) is 11.3 Å². The third kappa shape index (κ3) is 4.22. The molecule has 2 aromatic heterocycles. The van der Waals surface area contributed by atoms with Crippen LogP contribution < -0.4 is 10.7 Å². The average Bonchev–Trinajstić information content (AvgIpc) is 3.22. The molecule has 1 amide bonds. The van der Waals surface area contributed by atoms with Gasteiger partial charge in [0, 0.05) is 27.7 Å². The molecule has 0 radical (unpaired) electrons. The second kappa shape index (κ2) is 8.19. The second-order valence-electron chi connectivity index (χ2n) is 9.26. The van der Waals surface area contributed by atoms with Gasteiger partial charge in [-0.15, -0.1) is 0 Å². The zero-order chi connectivity index (χ0) is 24.0. The second-order valence-corrected chi connectivity index (χ2v) is 9.70. The van der Waals surface area contributed by atoms with Crippen molar-refractivity contribution in [2.24, 2.45) is 0 Å². The molecule has 0 aliphatic rings. The molecule has 3 aromatic carbocycles. The molecule has 0 fully saturated rings. The topological polar surface area (TPSA) is 72.5 Å². The van der Waals surface area contributed by atoms with Gasteiger partial charge in [0.05, 0.1) is 5.39 Å². The molecule has 0 atom stereocenters. The summed E-state index contributed by atoms with van der Waals surface area (Å²) in [5.41, 5.74) is 3.35. The molecule has 0 saturated carbocycles. The van der Waals surface area contributed by atoms with Gasteiger partial charge in [0.15, 0.2) is 11.2 Å². The van der Waals surface area contributed by atoms with Gasteiger partial charge >= 0.3 is 0 Å². The van der Waals surface area contributed by atoms with Crippen molar-refractivity contribution in [2.45, 2.75) is 26.2 Å². The van der Waals surface area contributed by atoms with Crippen LogP contribution in [0.3, 0.4) is 0 Å². The van der Waals surface area contributed by atoms with Gasteiger partial charge in [-0.1, -0.05) is 56.6 Å². The lowest BCUT2D eigenvalue weighted by atomic mass is 9.86. The number of halogens is 1. The standard InChI is InChI=1S/C28H22ClNO4/c1-28(2,3)18-6-4-16(5-7-18)25-15-22(31)21-14-20(9-11-24(21)34-25)30-27(32)26-13-17-12-19(29)8-10-23(17)33-26/h4-15H,1-3H3,(H,30,32). The van der Waals surface area contributed by atoms with E-state index in [0.29, 0.717) is 33.0 Å². The van der Waals surface area contributed by atoms with Gasteiger partial charge in [-0.2, -0.15) is 0 Å². The van der Waals surface area contributed by atoms with Crippen molar-refractivity contribution in [3.05, 3.63) is 99.4 Å². The Labute approximate surface area is 201 Å². The smallest absolute Gasteiger partial charge is 0.291 e. The molecule has 0 aliphatic heterocycles. The maximum absolute atomic E-state index is 12.9. The lowest BCUT2D eigenvalue weighted by Gasteiger charge is -2.19. The monoisotopic (exact) mass is 471 g/mol. The van der Waals surface area contributed by atoms with Gasteiger partial charge in [0.2, 0.25) is 0 Å². The first kappa shape index (κ1) is 22.0. The number of amides is 1. The number of anilines is 1. The van der Waals surface area contributed by atoms with E-state index in [2.05, 4.69) is 26.1 Å². The van der Waals surface area contributed by atoms with E-state index in [0.717, 1.165) is 10.9 Å². The highest BCUT2D eigenvalue weighted by molar-refractivity contribution is 6.31. The Morgan fingerprint density at radius 1 is 0.853 bits per heavy atom. The van der Waals surface area contributed by atoms with Crippen LogP contribution in [0.15, 0.2) is 86.4 Å². The van der Waals surface area contributed by atoms with E-state index < -0.39 is 5.91 Å². The summed E-state index contributed by atoms with van der Waals surface area (Å²) in [6.45, 7) is 6.45. The summed E-state index contributed by atoms with van der Waals surface area (Å²) in [6.07, 6.45) is 0. The number of furan rings is 1. The van der Waals surface area contributed by atoms with Crippen LogP contribution in [-0.2, 0) is 5.41 Å². The molecule has 0 saturated heterocycles. The van der Waals surface area contributed by atoms with Gasteiger partial charge in [0.1, 0.15) is 16.9 Å². The average molecular weight is 472 g/mol. The van der Waals surface area contributed by atoms with Crippen LogP contribution in [0.25, 0.3) is 33.3 Å². The number of carbonyl (C=O) groups is 1. The molecular weight excluding hydrogens is 450 g/mol. The van der Waals surface area contributed by atoms with Gasteiger partial charge in [-0.25, -0.2) is 0 Å². The van der Waals surface area contributed by atoms with Gasteiger partial charge < -0.3 is 14.2 Å². The Bertz CT molecular complexity index is 1600. The van der Waals surface area contributed by atoms with E-state index in [-0.39, 0.29) is 16.6 Å². The summed E-state index contributed by atoms with van der Waals surface area (Å²) in [4.78, 5) is 25.5. The SMILES string of the molecule is CC(C)(C)c1ccc(-c2cc(=O)c3cc(NC(=O)c4cc5cc(Cl)ccc5o4)ccc3o2)cc1. The van der Waals surface area contributed by atoms with Gasteiger partial charge in [-0.3, -0.25) is 9.59 Å². The van der Waals surface area contributed by atoms with Crippen LogP contribution in [0.5, 0.6) is 0 Å². The van der Waals surface area contributed by atoms with E-state index >= 15 is 0 Å². The molecular formula is C28H22ClNO4. The van der Waals surface area contributed by atoms with Crippen LogP contribution in [0.2, 0.25) is 5.02 Å². The molecule has 5 aromatic rings. The minimum absolute atomic E-state index is 0.0407. The Hall–Kier alpha value is -3.83. The molecule has 6 heteroatoms. The van der Waals surface area contributed by atoms with Crippen LogP contribution in [0, 0.1) is 0 Å². The summed E-state index contributed by atoms with van der Waals surface area (Å²) in [7, 11) is 0. The third-order valence-corrected chi connectivity index (χ3v) is 5.96. The molecule has 5 rings (SSSR count). The fourth-order valence-electron chi connectivity index (χ4n) is 3.83. The molecule has 2 heterocycles. The van der Waals surface area contributed by atoms with Gasteiger partial charge in [0.25, 0.3) is 5.91 Å². The Morgan fingerprint density at radius 3 is 2.32 bits per heavy atom. The summed E-state index contributed by atoms with van der Waals surface area (Å²) >= 11 is 6.00. The first-order chi connectivity index (χ1) is 16.2. The number of carbonyl (C=O) groups excluding carboxylic acids is 1. The number of benzene rings is 3. The summed E-state index contributed by atoms with van der Waals surface area (Å²) in [6, 6.07) is 21.2. The summed E-state index contributed by atoms with van der Waals surface area (Å²) < 4.78 is 11.6. The summed E-state index contributed by atoms with van der Waals surface area (Å²) in [5.74, 6) is 0.223. The molecule has 0 spiro atoms. The number of rotatable bonds is 3. The Balaban J connectivity index is 1.42. The molecule has 170 valence electrons. The van der Waals surface area contributed by atoms with Crippen molar-refractivity contribution in [1.82, 2.24) is 0 Å². The Morgan fingerprint density at radius 2 is 1.59 bits per heavy atom. The maximum atomic E-state index is 12.9. The molecule has 5 nitrogen and oxygen atoms in total. The number of hydrogen-bond acceptors (Lipinski definition) is 4. The minimum Gasteiger partial charge on any atom is -0.456 e. The lowest BCUT2D eigenvalue weighted by molar-refractivity contribution is 0.0998. The first-order valence-electron chi connectivity index (χ1n) is 10.9. The molecule has 34 heavy (non-hydrogen) atoms. The van der Waals surface area contributed by atoms with Crippen LogP contribution in [0.1, 0.15) is 36.9 Å². The van der Waals surface area contributed by atoms with Crippen molar-refractivity contribution in [3.63, 3.8) is 0 Å². The normalized spacial score (nSPS) is 11.8. The number of hydrogen-bond donors (Lipinski definition) is 1. The minimum atomic E-state index is -0.424. The van der Waals surface area contributed by atoms with E-state index in [1.54, 1.807) is 42.5 Å². The zero-order valence-electron chi connectivity index (χ0n) is 18.9. The first-order valence-corrected chi connectivity index (χ1v) is 11.2. The van der Waals surface area contributed by atoms with Crippen molar-refractivity contribution in [1.29, 1.82) is 0 Å². The van der Waals surface area contributed by atoms with E-state index in [1.165, 1.54) is 11.6 Å². The van der Waals surface area contributed by atoms with Crippen LogP contribution in [0.4, 0.5) is 5.69 Å². The zero-order valence-corrected chi connectivity index (χ0v) is 19.7. The highest BCUT2D eigenvalue weighted by Gasteiger charge is 2.16. The predicted molar refractivity (Wildman–Crippen MR) is 136 cm³/mol. The van der Waals surface area contributed by atoms with Gasteiger partial charge in [-0.05, 0) is 53.4 Å². The van der Waals surface area contributed by atoms with Crippen molar-refractivity contribution in [2.75, 3.05) is 5.32 Å². The number of fused-ring (bicyclic) bond motifs is 2. The fourth-order valence-corrected chi connectivity index (χ4v) is 4.01. The third-order valence-electron chi connectivity index (χ3n) is 5.72. The lowest BCUT2D eigenvalue weighted by Crippen LogP contribution is -2.11. The van der Waals surface area contributed by atoms with E-state index in [4.69, 9.17) is 20.4 Å². The highest BCUT2D eigenvalue weighted by atomic mass is 35.5. The fraction of sp³-hybridized carbons (Fsp3) is 0.143. The van der Waals surface area contributed by atoms with Crippen molar-refractivity contribution >= 4 is 45.1 Å².